The maximum absolute atomic E-state index is 14.0. The first-order valence-electron chi connectivity index (χ1n) is 12.8. The van der Waals surface area contributed by atoms with Crippen molar-refractivity contribution in [2.24, 2.45) is 5.41 Å². The molecule has 1 spiro atoms. The summed E-state index contributed by atoms with van der Waals surface area (Å²) in [5.74, 6) is -8.34. The smallest absolute Gasteiger partial charge is 0.342 e. The Labute approximate surface area is 237 Å². The van der Waals surface area contributed by atoms with Crippen LogP contribution in [-0.2, 0) is 16.0 Å². The van der Waals surface area contributed by atoms with E-state index in [1.165, 1.54) is 18.2 Å². The van der Waals surface area contributed by atoms with Crippen LogP contribution in [0, 0.1) is 12.3 Å². The highest BCUT2D eigenvalue weighted by Crippen LogP contribution is 2.61. The Morgan fingerprint density at radius 3 is 2.24 bits per heavy atom. The number of phenolic OH excluding ortho intramolecular Hbond substituents is 5. The van der Waals surface area contributed by atoms with Crippen molar-refractivity contribution in [3.63, 3.8) is 0 Å². The summed E-state index contributed by atoms with van der Waals surface area (Å²) in [6, 6.07) is 5.99. The van der Waals surface area contributed by atoms with E-state index in [4.69, 9.17) is 0 Å². The molecule has 4 aliphatic rings. The van der Waals surface area contributed by atoms with E-state index in [9.17, 15) is 50.1 Å². The molecule has 3 aromatic carbocycles. The summed E-state index contributed by atoms with van der Waals surface area (Å²) in [4.78, 5) is 40.1. The van der Waals surface area contributed by atoms with Crippen LogP contribution in [0.5, 0.6) is 28.7 Å². The number of ether oxygens (including phenoxy) is 1. The van der Waals surface area contributed by atoms with Crippen molar-refractivity contribution in [1.82, 2.24) is 0 Å². The summed E-state index contributed by atoms with van der Waals surface area (Å²) >= 11 is 0. The number of allylic oxidation sites excluding steroid dienone is 1. The maximum atomic E-state index is 14.0. The molecular weight excluding hydrogens is 548 g/mol. The first kappa shape index (κ1) is 26.9. The number of carbonyl (C=O) groups is 3. The Balaban J connectivity index is 1.59. The number of hydrogen-bond acceptors (Lipinski definition) is 11. The summed E-state index contributed by atoms with van der Waals surface area (Å²) in [6.07, 6.45) is 1.34. The molecule has 0 aliphatic heterocycles. The first-order valence-corrected chi connectivity index (χ1v) is 12.8. The van der Waals surface area contributed by atoms with Gasteiger partial charge in [-0.2, -0.15) is 0 Å². The Kier molecular flexibility index (Phi) is 5.67. The van der Waals surface area contributed by atoms with Gasteiger partial charge in [-0.05, 0) is 54.3 Å². The Morgan fingerprint density at radius 2 is 1.57 bits per heavy atom. The summed E-state index contributed by atoms with van der Waals surface area (Å²) in [5.41, 5.74) is -3.19. The number of ketones is 2. The fraction of sp³-hybridized carbons (Fsp3) is 0.194. The average Bonchev–Trinajstić information content (AvgIpc) is 3.15. The van der Waals surface area contributed by atoms with E-state index < -0.39 is 80.4 Å². The van der Waals surface area contributed by atoms with E-state index in [-0.39, 0.29) is 40.0 Å². The van der Waals surface area contributed by atoms with Gasteiger partial charge in [-0.15, -0.1) is 0 Å². The van der Waals surface area contributed by atoms with Crippen molar-refractivity contribution in [2.75, 3.05) is 7.11 Å². The summed E-state index contributed by atoms with van der Waals surface area (Å²) in [5, 5.41) is 76.8. The molecule has 0 unspecified atom stereocenters. The molecule has 42 heavy (non-hydrogen) atoms. The van der Waals surface area contributed by atoms with Crippen LogP contribution in [0.1, 0.15) is 66.1 Å². The van der Waals surface area contributed by atoms with E-state index in [2.05, 4.69) is 4.74 Å². The second kappa shape index (κ2) is 8.85. The number of aliphatic hydroxyl groups is 2. The number of aromatic hydroxyl groups is 5. The number of benzene rings is 3. The lowest BCUT2D eigenvalue weighted by molar-refractivity contribution is -0.118. The lowest BCUT2D eigenvalue weighted by Gasteiger charge is -2.43. The van der Waals surface area contributed by atoms with Crippen molar-refractivity contribution in [1.29, 1.82) is 0 Å². The lowest BCUT2D eigenvalue weighted by Crippen LogP contribution is -2.40. The van der Waals surface area contributed by atoms with Crippen molar-refractivity contribution < 1.29 is 54.9 Å². The molecular formula is C31H24O11. The molecule has 0 aromatic heterocycles. The van der Waals surface area contributed by atoms with Gasteiger partial charge in [0.1, 0.15) is 45.6 Å². The molecule has 0 heterocycles. The van der Waals surface area contributed by atoms with Crippen molar-refractivity contribution in [3.05, 3.63) is 92.6 Å². The lowest BCUT2D eigenvalue weighted by atomic mass is 9.61. The molecule has 3 atom stereocenters. The molecule has 2 bridgehead atoms. The minimum absolute atomic E-state index is 0.0929. The van der Waals surface area contributed by atoms with Crippen LogP contribution in [0.3, 0.4) is 0 Å². The molecule has 214 valence electrons. The summed E-state index contributed by atoms with van der Waals surface area (Å²) in [7, 11) is 0.989. The highest BCUT2D eigenvalue weighted by atomic mass is 16.5. The third-order valence-electron chi connectivity index (χ3n) is 8.33. The number of esters is 1. The standard InChI is InChI=1S/C31H24O11/c1-11-7-14-20(17(34)8-11)28(39)24-25(36)13-5-6-31(24,29(14)40)10-12-9-18(35)23(26(37)19(12)13)27(38)21-15(32)3-4-16(33)22(21)30(41)42-2/h3-9,13,29,32-35,37,39-40H,10H2,1-2H3/t13-,29+,31+/m1/s1. The molecule has 11 nitrogen and oxygen atoms in total. The number of hydrogen-bond donors (Lipinski definition) is 7. The Bertz CT molecular complexity index is 1850. The van der Waals surface area contributed by atoms with Gasteiger partial charge in [-0.3, -0.25) is 9.59 Å². The van der Waals surface area contributed by atoms with Gasteiger partial charge in [0.05, 0.1) is 41.2 Å². The molecule has 7 rings (SSSR count). The zero-order valence-electron chi connectivity index (χ0n) is 22.2. The quantitative estimate of drug-likeness (QED) is 0.105. The zero-order chi connectivity index (χ0) is 30.4. The molecule has 0 saturated heterocycles. The van der Waals surface area contributed by atoms with Gasteiger partial charge in [0.2, 0.25) is 5.78 Å². The largest absolute Gasteiger partial charge is 0.507 e. The van der Waals surface area contributed by atoms with Crippen LogP contribution in [0.15, 0.2) is 48.1 Å². The molecule has 3 aromatic rings. The Hall–Kier alpha value is -5.29. The van der Waals surface area contributed by atoms with E-state index in [1.54, 1.807) is 13.0 Å². The number of fused-ring (bicyclic) bond motifs is 1. The molecule has 0 amide bonds. The average molecular weight is 573 g/mol. The van der Waals surface area contributed by atoms with Gasteiger partial charge < -0.3 is 40.5 Å². The molecule has 0 fully saturated rings. The normalized spacial score (nSPS) is 21.8. The molecule has 0 radical (unpaired) electrons. The fourth-order valence-electron chi connectivity index (χ4n) is 6.53. The second-order valence-electron chi connectivity index (χ2n) is 10.7. The van der Waals surface area contributed by atoms with Crippen LogP contribution >= 0.6 is 0 Å². The van der Waals surface area contributed by atoms with Crippen molar-refractivity contribution in [3.8, 4) is 28.7 Å². The number of rotatable bonds is 3. The maximum Gasteiger partial charge on any atom is 0.342 e. The van der Waals surface area contributed by atoms with Gasteiger partial charge in [0.25, 0.3) is 0 Å². The number of phenols is 5. The van der Waals surface area contributed by atoms with Crippen molar-refractivity contribution in [2.45, 2.75) is 25.4 Å². The van der Waals surface area contributed by atoms with Crippen molar-refractivity contribution >= 4 is 23.3 Å². The van der Waals surface area contributed by atoms with E-state index >= 15 is 0 Å². The minimum atomic E-state index is -1.54. The van der Waals surface area contributed by atoms with Gasteiger partial charge in [-0.25, -0.2) is 4.79 Å². The van der Waals surface area contributed by atoms with Crippen LogP contribution < -0.4 is 0 Å². The first-order chi connectivity index (χ1) is 19.8. The molecule has 4 aliphatic carbocycles. The SMILES string of the molecule is COC(=O)c1c(O)ccc(O)c1C(=O)c1c(O)cc2c(c1O)[C@H]1C=C[C@]3(C2)C(=C(O)c2c(O)cc(C)cc2[C@@H]3O)C1=O. The van der Waals surface area contributed by atoms with Gasteiger partial charge in [0, 0.05) is 5.56 Å². The third-order valence-corrected chi connectivity index (χ3v) is 8.33. The molecule has 7 N–H and O–H groups in total. The number of methoxy groups -OCH3 is 1. The predicted octanol–water partition coefficient (Wildman–Crippen LogP) is 3.32. The highest BCUT2D eigenvalue weighted by Gasteiger charge is 2.56. The number of aliphatic hydroxyl groups excluding tert-OH is 2. The number of carbonyl (C=O) groups excluding carboxylic acids is 3. The minimum Gasteiger partial charge on any atom is -0.507 e. The fourth-order valence-corrected chi connectivity index (χ4v) is 6.53. The zero-order valence-corrected chi connectivity index (χ0v) is 22.2. The third kappa shape index (κ3) is 3.34. The second-order valence-corrected chi connectivity index (χ2v) is 10.7. The van der Waals surface area contributed by atoms with Crippen LogP contribution in [0.4, 0.5) is 0 Å². The predicted molar refractivity (Wildman–Crippen MR) is 145 cm³/mol. The number of Topliss-reactive ketones (excluding diaryl/α,β-unsaturated/α-hetero) is 1. The monoisotopic (exact) mass is 572 g/mol. The van der Waals surface area contributed by atoms with Crippen LogP contribution in [0.25, 0.3) is 5.76 Å². The van der Waals surface area contributed by atoms with E-state index in [1.807, 2.05) is 0 Å². The van der Waals surface area contributed by atoms with E-state index in [0.29, 0.717) is 5.56 Å². The summed E-state index contributed by atoms with van der Waals surface area (Å²) in [6.45, 7) is 1.69. The van der Waals surface area contributed by atoms with Crippen LogP contribution in [-0.4, -0.2) is 60.4 Å². The Morgan fingerprint density at radius 1 is 0.905 bits per heavy atom. The topological polar surface area (TPSA) is 202 Å². The molecule has 0 saturated carbocycles. The van der Waals surface area contributed by atoms with Crippen LogP contribution in [0.2, 0.25) is 0 Å². The van der Waals surface area contributed by atoms with Gasteiger partial charge in [-0.1, -0.05) is 18.2 Å². The van der Waals surface area contributed by atoms with Gasteiger partial charge >= 0.3 is 5.97 Å². The highest BCUT2D eigenvalue weighted by molar-refractivity contribution is 6.20. The summed E-state index contributed by atoms with van der Waals surface area (Å²) < 4.78 is 4.63. The van der Waals surface area contributed by atoms with Gasteiger partial charge in [0.15, 0.2) is 5.78 Å². The number of aryl methyl sites for hydroxylation is 1. The molecule has 11 heteroatoms. The van der Waals surface area contributed by atoms with E-state index in [0.717, 1.165) is 25.3 Å².